The number of anilines is 1. The van der Waals surface area contributed by atoms with Crippen LogP contribution < -0.4 is 4.72 Å². The van der Waals surface area contributed by atoms with Crippen LogP contribution in [0.15, 0.2) is 52.9 Å². The van der Waals surface area contributed by atoms with Crippen LogP contribution >= 0.6 is 0 Å². The minimum absolute atomic E-state index is 0.195. The Labute approximate surface area is 158 Å². The number of carbonyl (C=O) groups is 1. The van der Waals surface area contributed by atoms with Crippen LogP contribution in [0.3, 0.4) is 0 Å². The predicted molar refractivity (Wildman–Crippen MR) is 106 cm³/mol. The molecule has 0 saturated heterocycles. The van der Waals surface area contributed by atoms with Crippen molar-refractivity contribution in [2.75, 3.05) is 18.0 Å². The second-order valence-electron chi connectivity index (χ2n) is 6.47. The van der Waals surface area contributed by atoms with Gasteiger partial charge in [0.25, 0.3) is 5.91 Å². The number of para-hydroxylation sites is 1. The molecule has 0 spiro atoms. The van der Waals surface area contributed by atoms with E-state index in [1.807, 2.05) is 31.2 Å². The normalized spacial score (nSPS) is 11.5. The van der Waals surface area contributed by atoms with Gasteiger partial charge >= 0.3 is 0 Å². The lowest BCUT2D eigenvalue weighted by molar-refractivity contribution is 0.0785. The average molecular weight is 386 g/mol. The van der Waals surface area contributed by atoms with Crippen molar-refractivity contribution >= 4 is 32.6 Å². The van der Waals surface area contributed by atoms with Crippen LogP contribution in [0.4, 0.5) is 5.69 Å². The molecule has 1 amide bonds. The topological polar surface area (TPSA) is 79.6 Å². The van der Waals surface area contributed by atoms with Crippen LogP contribution in [-0.2, 0) is 23.0 Å². The van der Waals surface area contributed by atoms with Crippen LogP contribution in [0.5, 0.6) is 0 Å². The molecule has 27 heavy (non-hydrogen) atoms. The van der Waals surface area contributed by atoms with Gasteiger partial charge < -0.3 is 9.32 Å². The standard InChI is InChI=1S/C20H22N2O4S/c1-4-18-17(16-10-5-6-11-19(16)26-18)13-22(2)20(23)14-8-7-9-15(12-14)21-27(3,24)25/h5-12,21H,4,13H2,1-3H3. The van der Waals surface area contributed by atoms with Crippen LogP contribution in [-0.4, -0.2) is 32.5 Å². The largest absolute Gasteiger partial charge is 0.461 e. The highest BCUT2D eigenvalue weighted by Gasteiger charge is 2.18. The summed E-state index contributed by atoms with van der Waals surface area (Å²) in [5, 5.41) is 1.00. The van der Waals surface area contributed by atoms with Gasteiger partial charge in [0.05, 0.1) is 6.26 Å². The molecule has 7 heteroatoms. The van der Waals surface area contributed by atoms with Gasteiger partial charge in [-0.25, -0.2) is 8.42 Å². The first-order chi connectivity index (χ1) is 12.8. The maximum Gasteiger partial charge on any atom is 0.253 e. The Morgan fingerprint density at radius 1 is 1.15 bits per heavy atom. The molecule has 0 fully saturated rings. The van der Waals surface area contributed by atoms with Crippen LogP contribution in [0.1, 0.15) is 28.6 Å². The highest BCUT2D eigenvalue weighted by molar-refractivity contribution is 7.92. The third-order valence-corrected chi connectivity index (χ3v) is 4.86. The molecule has 0 bridgehead atoms. The fraction of sp³-hybridized carbons (Fsp3) is 0.250. The highest BCUT2D eigenvalue weighted by Crippen LogP contribution is 2.27. The zero-order valence-electron chi connectivity index (χ0n) is 15.5. The van der Waals surface area contributed by atoms with Crippen molar-refractivity contribution in [3.8, 4) is 0 Å². The number of furan rings is 1. The summed E-state index contributed by atoms with van der Waals surface area (Å²) in [6.07, 6.45) is 1.81. The second kappa shape index (κ2) is 7.44. The summed E-state index contributed by atoms with van der Waals surface area (Å²) in [7, 11) is -1.68. The first-order valence-electron chi connectivity index (χ1n) is 8.61. The van der Waals surface area contributed by atoms with Crippen molar-refractivity contribution in [3.05, 3.63) is 65.4 Å². The Morgan fingerprint density at radius 2 is 1.89 bits per heavy atom. The Morgan fingerprint density at radius 3 is 2.59 bits per heavy atom. The molecule has 1 heterocycles. The summed E-state index contributed by atoms with van der Waals surface area (Å²) in [4.78, 5) is 14.4. The first-order valence-corrected chi connectivity index (χ1v) is 10.5. The molecule has 1 aromatic heterocycles. The van der Waals surface area contributed by atoms with Crippen molar-refractivity contribution in [3.63, 3.8) is 0 Å². The highest BCUT2D eigenvalue weighted by atomic mass is 32.2. The van der Waals surface area contributed by atoms with Gasteiger partial charge in [0.15, 0.2) is 0 Å². The maximum absolute atomic E-state index is 12.8. The third-order valence-electron chi connectivity index (χ3n) is 4.26. The van der Waals surface area contributed by atoms with Crippen molar-refractivity contribution in [1.29, 1.82) is 0 Å². The number of rotatable bonds is 6. The zero-order valence-corrected chi connectivity index (χ0v) is 16.3. The van der Waals surface area contributed by atoms with E-state index in [0.717, 1.165) is 35.0 Å². The van der Waals surface area contributed by atoms with Crippen LogP contribution in [0.2, 0.25) is 0 Å². The first kappa shape index (κ1) is 19.0. The van der Waals surface area contributed by atoms with Crippen molar-refractivity contribution < 1.29 is 17.6 Å². The molecule has 0 atom stereocenters. The molecule has 142 valence electrons. The molecule has 6 nitrogen and oxygen atoms in total. The molecule has 2 aromatic carbocycles. The molecule has 1 N–H and O–H groups in total. The van der Waals surface area contributed by atoms with Gasteiger partial charge in [-0.2, -0.15) is 0 Å². The van der Waals surface area contributed by atoms with E-state index in [2.05, 4.69) is 4.72 Å². The SMILES string of the molecule is CCc1oc2ccccc2c1CN(C)C(=O)c1cccc(NS(C)(=O)=O)c1. The van der Waals surface area contributed by atoms with E-state index in [-0.39, 0.29) is 5.91 Å². The fourth-order valence-corrected chi connectivity index (χ4v) is 3.62. The van der Waals surface area contributed by atoms with E-state index in [0.29, 0.717) is 17.8 Å². The molecular formula is C20H22N2O4S. The molecule has 0 aliphatic heterocycles. The second-order valence-corrected chi connectivity index (χ2v) is 8.22. The lowest BCUT2D eigenvalue weighted by atomic mass is 10.1. The minimum atomic E-state index is -3.40. The minimum Gasteiger partial charge on any atom is -0.461 e. The number of sulfonamides is 1. The number of aryl methyl sites for hydroxylation is 1. The number of hydrogen-bond acceptors (Lipinski definition) is 4. The zero-order chi connectivity index (χ0) is 19.6. The lowest BCUT2D eigenvalue weighted by Gasteiger charge is -2.18. The number of nitrogens with one attached hydrogen (secondary N) is 1. The number of fused-ring (bicyclic) bond motifs is 1. The molecule has 0 aliphatic carbocycles. The van der Waals surface area contributed by atoms with E-state index in [9.17, 15) is 13.2 Å². The average Bonchev–Trinajstić information content (AvgIpc) is 2.97. The quantitative estimate of drug-likeness (QED) is 0.701. The number of carbonyl (C=O) groups excluding carboxylic acids is 1. The van der Waals surface area contributed by atoms with Gasteiger partial charge in [0.1, 0.15) is 11.3 Å². The summed E-state index contributed by atoms with van der Waals surface area (Å²) in [6.45, 7) is 2.42. The van der Waals surface area contributed by atoms with E-state index in [4.69, 9.17) is 4.42 Å². The van der Waals surface area contributed by atoms with E-state index < -0.39 is 10.0 Å². The summed E-state index contributed by atoms with van der Waals surface area (Å²) < 4.78 is 31.1. The maximum atomic E-state index is 12.8. The Kier molecular flexibility index (Phi) is 5.23. The molecule has 0 saturated carbocycles. The van der Waals surface area contributed by atoms with Gasteiger partial charge in [-0.15, -0.1) is 0 Å². The number of benzene rings is 2. The number of amides is 1. The van der Waals surface area contributed by atoms with E-state index in [1.54, 1.807) is 30.1 Å². The molecule has 0 unspecified atom stereocenters. The Bertz CT molecular complexity index is 1090. The summed E-state index contributed by atoms with van der Waals surface area (Å²) in [5.74, 6) is 0.669. The molecule has 0 aliphatic rings. The fourth-order valence-electron chi connectivity index (χ4n) is 3.07. The molecule has 3 aromatic rings. The van der Waals surface area contributed by atoms with Gasteiger partial charge in [-0.1, -0.05) is 31.2 Å². The molecule has 0 radical (unpaired) electrons. The van der Waals surface area contributed by atoms with E-state index >= 15 is 0 Å². The molecular weight excluding hydrogens is 364 g/mol. The number of hydrogen-bond donors (Lipinski definition) is 1. The molecule has 3 rings (SSSR count). The summed E-state index contributed by atoms with van der Waals surface area (Å²) >= 11 is 0. The van der Waals surface area contributed by atoms with Crippen molar-refractivity contribution in [2.24, 2.45) is 0 Å². The summed E-state index contributed by atoms with van der Waals surface area (Å²) in [5.41, 5.74) is 2.58. The number of nitrogens with zero attached hydrogens (tertiary/aromatic N) is 1. The summed E-state index contributed by atoms with van der Waals surface area (Å²) in [6, 6.07) is 14.2. The van der Waals surface area contributed by atoms with Crippen molar-refractivity contribution in [2.45, 2.75) is 19.9 Å². The third kappa shape index (κ3) is 4.31. The smallest absolute Gasteiger partial charge is 0.253 e. The lowest BCUT2D eigenvalue weighted by Crippen LogP contribution is -2.26. The van der Waals surface area contributed by atoms with Gasteiger partial charge in [0, 0.05) is 42.2 Å². The Hall–Kier alpha value is -2.80. The van der Waals surface area contributed by atoms with Gasteiger partial charge in [-0.05, 0) is 24.3 Å². The van der Waals surface area contributed by atoms with Crippen LogP contribution in [0, 0.1) is 0 Å². The monoisotopic (exact) mass is 386 g/mol. The predicted octanol–water partition coefficient (Wildman–Crippen LogP) is 3.64. The van der Waals surface area contributed by atoms with Gasteiger partial charge in [0.2, 0.25) is 10.0 Å². The van der Waals surface area contributed by atoms with Crippen molar-refractivity contribution in [1.82, 2.24) is 4.90 Å². The van der Waals surface area contributed by atoms with Gasteiger partial charge in [-0.3, -0.25) is 9.52 Å². The van der Waals surface area contributed by atoms with Crippen LogP contribution in [0.25, 0.3) is 11.0 Å². The van der Waals surface area contributed by atoms with E-state index in [1.165, 1.54) is 6.07 Å². The Balaban J connectivity index is 1.86.